The first-order valence-electron chi connectivity index (χ1n) is 5.49. The minimum absolute atomic E-state index is 0.282. The van der Waals surface area contributed by atoms with Crippen LogP contribution in [-0.2, 0) is 0 Å². The summed E-state index contributed by atoms with van der Waals surface area (Å²) in [6.07, 6.45) is 4.58. The molecular weight excluding hydrogens is 252 g/mol. The van der Waals surface area contributed by atoms with Crippen molar-refractivity contribution in [3.63, 3.8) is 0 Å². The molecule has 2 heteroatoms. The summed E-state index contributed by atoms with van der Waals surface area (Å²) < 4.78 is 1.04. The number of hydrogen-bond donors (Lipinski definition) is 0. The lowest BCUT2D eigenvalue weighted by molar-refractivity contribution is 0.0922. The molecule has 2 rings (SSSR count). The fourth-order valence-electron chi connectivity index (χ4n) is 2.31. The average molecular weight is 267 g/mol. The van der Waals surface area contributed by atoms with E-state index in [2.05, 4.69) is 15.9 Å². The van der Waals surface area contributed by atoms with E-state index in [4.69, 9.17) is 0 Å². The van der Waals surface area contributed by atoms with Crippen LogP contribution in [0.5, 0.6) is 0 Å². The maximum absolute atomic E-state index is 12.2. The van der Waals surface area contributed by atoms with Gasteiger partial charge in [-0.2, -0.15) is 0 Å². The molecule has 0 heterocycles. The first-order valence-corrected chi connectivity index (χ1v) is 6.28. The molecule has 0 bridgehead atoms. The fourth-order valence-corrected chi connectivity index (χ4v) is 2.79. The van der Waals surface area contributed by atoms with Crippen LogP contribution in [-0.4, -0.2) is 5.78 Å². The third-order valence-electron chi connectivity index (χ3n) is 3.18. The third kappa shape index (κ3) is 2.31. The zero-order valence-corrected chi connectivity index (χ0v) is 10.5. The Labute approximate surface area is 99.0 Å². The Morgan fingerprint density at radius 1 is 1.33 bits per heavy atom. The van der Waals surface area contributed by atoms with Crippen LogP contribution in [0.3, 0.4) is 0 Å². The number of carbonyl (C=O) groups excluding carboxylic acids is 1. The maximum atomic E-state index is 12.2. The van der Waals surface area contributed by atoms with Crippen LogP contribution in [0.2, 0.25) is 0 Å². The molecule has 0 amide bonds. The lowest BCUT2D eigenvalue weighted by Crippen LogP contribution is -2.12. The van der Waals surface area contributed by atoms with Crippen LogP contribution in [0.25, 0.3) is 0 Å². The van der Waals surface area contributed by atoms with E-state index in [1.807, 2.05) is 25.1 Å². The van der Waals surface area contributed by atoms with Gasteiger partial charge < -0.3 is 0 Å². The second-order valence-electron chi connectivity index (χ2n) is 4.30. The minimum Gasteiger partial charge on any atom is -0.294 e. The zero-order valence-electron chi connectivity index (χ0n) is 8.92. The normalized spacial score (nSPS) is 16.9. The summed E-state index contributed by atoms with van der Waals surface area (Å²) in [6.45, 7) is 2.01. The van der Waals surface area contributed by atoms with E-state index < -0.39 is 0 Å². The molecule has 1 aromatic carbocycles. The Kier molecular flexibility index (Phi) is 3.25. The van der Waals surface area contributed by atoms with Crippen molar-refractivity contribution in [2.45, 2.75) is 32.6 Å². The molecule has 0 unspecified atom stereocenters. The summed E-state index contributed by atoms with van der Waals surface area (Å²) in [6, 6.07) is 5.91. The van der Waals surface area contributed by atoms with Gasteiger partial charge in [0.05, 0.1) is 0 Å². The highest BCUT2D eigenvalue weighted by atomic mass is 79.9. The molecular formula is C13H15BrO. The summed E-state index contributed by atoms with van der Waals surface area (Å²) in [5.74, 6) is 0.627. The van der Waals surface area contributed by atoms with Crippen LogP contribution < -0.4 is 0 Å². The molecule has 1 aliphatic carbocycles. The van der Waals surface area contributed by atoms with E-state index in [9.17, 15) is 4.79 Å². The molecule has 15 heavy (non-hydrogen) atoms. The lowest BCUT2D eigenvalue weighted by Gasteiger charge is -2.10. The van der Waals surface area contributed by atoms with Gasteiger partial charge in [-0.05, 0) is 37.5 Å². The second-order valence-corrected chi connectivity index (χ2v) is 5.22. The Bertz CT molecular complexity index is 378. The number of carbonyl (C=O) groups is 1. The van der Waals surface area contributed by atoms with E-state index in [-0.39, 0.29) is 5.92 Å². The highest BCUT2D eigenvalue weighted by molar-refractivity contribution is 9.10. The quantitative estimate of drug-likeness (QED) is 0.736. The van der Waals surface area contributed by atoms with Crippen molar-refractivity contribution in [3.05, 3.63) is 33.8 Å². The maximum Gasteiger partial charge on any atom is 0.166 e. The van der Waals surface area contributed by atoms with Gasteiger partial charge in [0.25, 0.3) is 0 Å². The molecule has 0 saturated heterocycles. The molecule has 0 spiro atoms. The zero-order chi connectivity index (χ0) is 10.8. The van der Waals surface area contributed by atoms with Gasteiger partial charge >= 0.3 is 0 Å². The predicted octanol–water partition coefficient (Wildman–Crippen LogP) is 4.13. The number of Topliss-reactive ketones (excluding diaryl/α,β-unsaturated/α-hetero) is 1. The SMILES string of the molecule is Cc1cc(Br)ccc1C(=O)C1CCCC1. The first-order chi connectivity index (χ1) is 7.18. The van der Waals surface area contributed by atoms with E-state index >= 15 is 0 Å². The van der Waals surface area contributed by atoms with Crippen LogP contribution in [0.4, 0.5) is 0 Å². The summed E-state index contributed by atoms with van der Waals surface area (Å²) in [5.41, 5.74) is 1.99. The number of halogens is 1. The van der Waals surface area contributed by atoms with E-state index in [0.717, 1.165) is 28.4 Å². The largest absolute Gasteiger partial charge is 0.294 e. The Morgan fingerprint density at radius 2 is 2.00 bits per heavy atom. The minimum atomic E-state index is 0.282. The average Bonchev–Trinajstić information content (AvgIpc) is 2.69. The summed E-state index contributed by atoms with van der Waals surface area (Å²) in [7, 11) is 0. The number of ketones is 1. The number of rotatable bonds is 2. The smallest absolute Gasteiger partial charge is 0.166 e. The monoisotopic (exact) mass is 266 g/mol. The van der Waals surface area contributed by atoms with Crippen LogP contribution in [0, 0.1) is 12.8 Å². The Balaban J connectivity index is 2.24. The molecule has 0 aromatic heterocycles. The number of hydrogen-bond acceptors (Lipinski definition) is 1. The second kappa shape index (κ2) is 4.48. The molecule has 0 atom stereocenters. The van der Waals surface area contributed by atoms with Gasteiger partial charge in [-0.3, -0.25) is 4.79 Å². The Morgan fingerprint density at radius 3 is 2.60 bits per heavy atom. The van der Waals surface area contributed by atoms with Crippen molar-refractivity contribution in [2.24, 2.45) is 5.92 Å². The van der Waals surface area contributed by atoms with Crippen molar-refractivity contribution in [3.8, 4) is 0 Å². The molecule has 1 nitrogen and oxygen atoms in total. The Hall–Kier alpha value is -0.630. The van der Waals surface area contributed by atoms with E-state index in [1.54, 1.807) is 0 Å². The van der Waals surface area contributed by atoms with Crippen molar-refractivity contribution in [1.82, 2.24) is 0 Å². The lowest BCUT2D eigenvalue weighted by atomic mass is 9.93. The van der Waals surface area contributed by atoms with Crippen molar-refractivity contribution in [2.75, 3.05) is 0 Å². The van der Waals surface area contributed by atoms with Gasteiger partial charge in [0.2, 0.25) is 0 Å². The first kappa shape index (κ1) is 10.9. The number of aryl methyl sites for hydroxylation is 1. The molecule has 1 aromatic rings. The van der Waals surface area contributed by atoms with Crippen molar-refractivity contribution in [1.29, 1.82) is 0 Å². The van der Waals surface area contributed by atoms with Crippen LogP contribution in [0.1, 0.15) is 41.6 Å². The van der Waals surface area contributed by atoms with Crippen LogP contribution in [0.15, 0.2) is 22.7 Å². The molecule has 0 aliphatic heterocycles. The van der Waals surface area contributed by atoms with E-state index in [0.29, 0.717) is 5.78 Å². The number of benzene rings is 1. The van der Waals surface area contributed by atoms with Crippen molar-refractivity contribution >= 4 is 21.7 Å². The van der Waals surface area contributed by atoms with Crippen LogP contribution >= 0.6 is 15.9 Å². The topological polar surface area (TPSA) is 17.1 Å². The van der Waals surface area contributed by atoms with Gasteiger partial charge in [-0.1, -0.05) is 34.8 Å². The molecule has 1 aliphatic rings. The highest BCUT2D eigenvalue weighted by Gasteiger charge is 2.24. The van der Waals surface area contributed by atoms with Gasteiger partial charge in [0.1, 0.15) is 0 Å². The fraction of sp³-hybridized carbons (Fsp3) is 0.462. The van der Waals surface area contributed by atoms with E-state index in [1.165, 1.54) is 12.8 Å². The highest BCUT2D eigenvalue weighted by Crippen LogP contribution is 2.29. The summed E-state index contributed by atoms with van der Waals surface area (Å²) in [4.78, 5) is 12.2. The molecule has 0 radical (unpaired) electrons. The van der Waals surface area contributed by atoms with Gasteiger partial charge in [0.15, 0.2) is 5.78 Å². The molecule has 1 saturated carbocycles. The third-order valence-corrected chi connectivity index (χ3v) is 3.67. The summed E-state index contributed by atoms with van der Waals surface area (Å²) >= 11 is 3.42. The standard InChI is InChI=1S/C13H15BrO/c1-9-8-11(14)6-7-12(9)13(15)10-4-2-3-5-10/h6-8,10H,2-5H2,1H3. The van der Waals surface area contributed by atoms with Gasteiger partial charge in [0, 0.05) is 16.0 Å². The molecule has 1 fully saturated rings. The van der Waals surface area contributed by atoms with Crippen molar-refractivity contribution < 1.29 is 4.79 Å². The van der Waals surface area contributed by atoms with Gasteiger partial charge in [-0.25, -0.2) is 0 Å². The summed E-state index contributed by atoms with van der Waals surface area (Å²) in [5, 5.41) is 0. The molecule has 80 valence electrons. The molecule has 0 N–H and O–H groups in total. The van der Waals surface area contributed by atoms with Gasteiger partial charge in [-0.15, -0.1) is 0 Å². The predicted molar refractivity (Wildman–Crippen MR) is 65.2 cm³/mol.